The molecule has 2 aliphatic rings. The number of aliphatic hydroxyl groups excluding tert-OH is 1. The van der Waals surface area contributed by atoms with E-state index in [-0.39, 0.29) is 30.6 Å². The number of rotatable bonds is 14. The topological polar surface area (TPSA) is 144 Å². The van der Waals surface area contributed by atoms with Crippen molar-refractivity contribution in [3.05, 3.63) is 66.7 Å². The van der Waals surface area contributed by atoms with Crippen LogP contribution in [0.2, 0.25) is 0 Å². The average Bonchev–Trinajstić information content (AvgIpc) is 3.43. The summed E-state index contributed by atoms with van der Waals surface area (Å²) >= 11 is 0. The third-order valence-electron chi connectivity index (χ3n) is 8.22. The Morgan fingerprint density at radius 3 is 2.55 bits per heavy atom. The Balaban J connectivity index is 1.06. The largest absolute Gasteiger partial charge is 0.491 e. The lowest BCUT2D eigenvalue weighted by atomic mass is 9.88. The van der Waals surface area contributed by atoms with Crippen molar-refractivity contribution in [1.82, 2.24) is 14.3 Å². The molecule has 3 aromatic rings. The number of piperidine rings is 1. The molecule has 2 atom stereocenters. The van der Waals surface area contributed by atoms with Crippen molar-refractivity contribution in [2.45, 2.75) is 53.2 Å². The van der Waals surface area contributed by atoms with Gasteiger partial charge in [-0.15, -0.1) is 0 Å². The number of ether oxygens (including phenoxy) is 3. The molecule has 11 nitrogen and oxygen atoms in total. The molecule has 2 aliphatic heterocycles. The Kier molecular flexibility index (Phi) is 10.6. The van der Waals surface area contributed by atoms with Crippen molar-refractivity contribution in [3.63, 3.8) is 0 Å². The summed E-state index contributed by atoms with van der Waals surface area (Å²) in [5, 5.41) is 15.8. The Morgan fingerprint density at radius 1 is 1.00 bits per heavy atom. The zero-order valence-corrected chi connectivity index (χ0v) is 26.5. The van der Waals surface area contributed by atoms with Gasteiger partial charge in [0, 0.05) is 52.0 Å². The van der Waals surface area contributed by atoms with E-state index >= 15 is 0 Å². The first kappa shape index (κ1) is 32.8. The van der Waals surface area contributed by atoms with Gasteiger partial charge in [0.25, 0.3) is 0 Å². The predicted octanol–water partition coefficient (Wildman–Crippen LogP) is 2.50. The summed E-state index contributed by atoms with van der Waals surface area (Å²) in [4.78, 5) is 0.391. The van der Waals surface area contributed by atoms with Crippen molar-refractivity contribution >= 4 is 30.8 Å². The first-order chi connectivity index (χ1) is 21.1. The highest BCUT2D eigenvalue weighted by atomic mass is 32.2. The van der Waals surface area contributed by atoms with Crippen LogP contribution in [0, 0.1) is 0 Å². The SMILES string of the molecule is COCCCNS(=O)(=O)c1cccc(OC[C@@H](O)CNC2COC3(CCN(S(=O)(=O)c4ccc5ccccc5c4)CC3)C2)c1. The van der Waals surface area contributed by atoms with Gasteiger partial charge in [0.2, 0.25) is 20.0 Å². The first-order valence-corrected chi connectivity index (χ1v) is 17.8. The van der Waals surface area contributed by atoms with E-state index in [2.05, 4.69) is 10.0 Å². The number of aliphatic hydroxyl groups is 1. The number of hydrogen-bond donors (Lipinski definition) is 3. The standard InChI is InChI=1S/C31H41N3O8S2/c1-40-17-5-14-33-43(36,37)29-9-4-8-28(19-29)41-23-27(35)21-32-26-20-31(42-22-26)12-15-34(16-13-31)44(38,39)30-11-10-24-6-2-3-7-25(24)18-30/h2-4,6-11,18-19,26-27,32-33,35H,5,12-17,20-23H2,1H3/t26?,27-/m0/s1. The second kappa shape index (κ2) is 14.2. The maximum Gasteiger partial charge on any atom is 0.243 e. The molecule has 5 rings (SSSR count). The number of hydrogen-bond acceptors (Lipinski definition) is 9. The molecule has 1 spiro atoms. The summed E-state index contributed by atoms with van der Waals surface area (Å²) in [6, 6.07) is 19.1. The van der Waals surface area contributed by atoms with Crippen LogP contribution >= 0.6 is 0 Å². The molecule has 240 valence electrons. The summed E-state index contributed by atoms with van der Waals surface area (Å²) in [5.74, 6) is 0.345. The quantitative estimate of drug-likeness (QED) is 0.225. The van der Waals surface area contributed by atoms with Crippen molar-refractivity contribution in [2.24, 2.45) is 0 Å². The zero-order valence-electron chi connectivity index (χ0n) is 24.9. The van der Waals surface area contributed by atoms with Crippen LogP contribution in [0.25, 0.3) is 10.8 Å². The van der Waals surface area contributed by atoms with Gasteiger partial charge in [-0.3, -0.25) is 0 Å². The minimum atomic E-state index is -3.68. The van der Waals surface area contributed by atoms with Crippen LogP contribution < -0.4 is 14.8 Å². The second-order valence-electron chi connectivity index (χ2n) is 11.4. The zero-order chi connectivity index (χ0) is 31.2. The molecule has 1 unspecified atom stereocenters. The minimum absolute atomic E-state index is 0.0158. The Hall–Kier alpha value is -2.62. The minimum Gasteiger partial charge on any atom is -0.491 e. The van der Waals surface area contributed by atoms with E-state index in [1.54, 1.807) is 35.7 Å². The van der Waals surface area contributed by atoms with Crippen molar-refractivity contribution in [2.75, 3.05) is 53.1 Å². The van der Waals surface area contributed by atoms with E-state index < -0.39 is 31.8 Å². The average molecular weight is 648 g/mol. The molecule has 2 fully saturated rings. The Bertz CT molecular complexity index is 1630. The lowest BCUT2D eigenvalue weighted by molar-refractivity contribution is -0.0312. The second-order valence-corrected chi connectivity index (χ2v) is 15.1. The monoisotopic (exact) mass is 647 g/mol. The van der Waals surface area contributed by atoms with Gasteiger partial charge in [0.05, 0.1) is 22.0 Å². The van der Waals surface area contributed by atoms with Crippen LogP contribution in [0.5, 0.6) is 5.75 Å². The molecule has 3 N–H and O–H groups in total. The normalized spacial score (nSPS) is 19.8. The number of nitrogens with zero attached hydrogens (tertiary/aromatic N) is 1. The van der Waals surface area contributed by atoms with E-state index in [1.165, 1.54) is 12.1 Å². The molecule has 44 heavy (non-hydrogen) atoms. The van der Waals surface area contributed by atoms with E-state index in [1.807, 2.05) is 30.3 Å². The van der Waals surface area contributed by atoms with Gasteiger partial charge in [-0.2, -0.15) is 4.31 Å². The maximum atomic E-state index is 13.4. The lowest BCUT2D eigenvalue weighted by Gasteiger charge is -2.38. The smallest absolute Gasteiger partial charge is 0.243 e. The van der Waals surface area contributed by atoms with Gasteiger partial charge in [-0.05, 0) is 60.7 Å². The van der Waals surface area contributed by atoms with Crippen molar-refractivity contribution < 1.29 is 36.2 Å². The van der Waals surface area contributed by atoms with Crippen LogP contribution in [-0.4, -0.2) is 97.1 Å². The fourth-order valence-electron chi connectivity index (χ4n) is 5.73. The van der Waals surface area contributed by atoms with E-state index in [0.717, 1.165) is 17.2 Å². The number of fused-ring (bicyclic) bond motifs is 1. The Labute approximate surface area is 259 Å². The number of nitrogens with one attached hydrogen (secondary N) is 2. The van der Waals surface area contributed by atoms with E-state index in [4.69, 9.17) is 14.2 Å². The number of benzene rings is 3. The number of methoxy groups -OCH3 is 1. The molecule has 3 aromatic carbocycles. The third-order valence-corrected chi connectivity index (χ3v) is 11.6. The van der Waals surface area contributed by atoms with Gasteiger partial charge >= 0.3 is 0 Å². The summed E-state index contributed by atoms with van der Waals surface area (Å²) in [6.07, 6.45) is 1.66. The van der Waals surface area contributed by atoms with E-state index in [9.17, 15) is 21.9 Å². The first-order valence-electron chi connectivity index (χ1n) is 14.9. The highest BCUT2D eigenvalue weighted by molar-refractivity contribution is 7.89. The Morgan fingerprint density at radius 2 is 1.77 bits per heavy atom. The summed E-state index contributed by atoms with van der Waals surface area (Å²) in [7, 11) is -5.73. The van der Waals surface area contributed by atoms with Gasteiger partial charge in [0.1, 0.15) is 18.5 Å². The van der Waals surface area contributed by atoms with Gasteiger partial charge in [-0.1, -0.05) is 36.4 Å². The molecule has 2 saturated heterocycles. The van der Waals surface area contributed by atoms with Crippen LogP contribution in [-0.2, 0) is 29.5 Å². The molecule has 2 heterocycles. The van der Waals surface area contributed by atoms with Crippen LogP contribution in [0.1, 0.15) is 25.7 Å². The van der Waals surface area contributed by atoms with Gasteiger partial charge < -0.3 is 24.6 Å². The summed E-state index contributed by atoms with van der Waals surface area (Å²) in [6.45, 7) is 2.22. The summed E-state index contributed by atoms with van der Waals surface area (Å²) < 4.78 is 72.7. The van der Waals surface area contributed by atoms with Crippen LogP contribution in [0.4, 0.5) is 0 Å². The van der Waals surface area contributed by atoms with Crippen molar-refractivity contribution in [3.8, 4) is 5.75 Å². The molecule has 13 heteroatoms. The molecule has 0 aromatic heterocycles. The van der Waals surface area contributed by atoms with Gasteiger partial charge in [-0.25, -0.2) is 21.6 Å². The molecule has 0 radical (unpaired) electrons. The summed E-state index contributed by atoms with van der Waals surface area (Å²) in [5.41, 5.74) is -0.391. The van der Waals surface area contributed by atoms with E-state index in [0.29, 0.717) is 56.2 Å². The molecular weight excluding hydrogens is 606 g/mol. The molecule has 0 amide bonds. The highest BCUT2D eigenvalue weighted by Gasteiger charge is 2.44. The van der Waals surface area contributed by atoms with Crippen molar-refractivity contribution in [1.29, 1.82) is 0 Å². The molecule has 0 aliphatic carbocycles. The number of sulfonamides is 2. The molecule has 0 bridgehead atoms. The third kappa shape index (κ3) is 7.96. The predicted molar refractivity (Wildman–Crippen MR) is 167 cm³/mol. The van der Waals surface area contributed by atoms with Gasteiger partial charge in [0.15, 0.2) is 0 Å². The van der Waals surface area contributed by atoms with Crippen LogP contribution in [0.15, 0.2) is 76.5 Å². The molecular formula is C31H41N3O8S2. The molecule has 0 saturated carbocycles. The highest BCUT2D eigenvalue weighted by Crippen LogP contribution is 2.37. The van der Waals surface area contributed by atoms with Crippen LogP contribution in [0.3, 0.4) is 0 Å². The fraction of sp³-hybridized carbons (Fsp3) is 0.484. The lowest BCUT2D eigenvalue weighted by Crippen LogP contribution is -2.47. The fourth-order valence-corrected chi connectivity index (χ4v) is 8.31. The maximum absolute atomic E-state index is 13.4.